The van der Waals surface area contributed by atoms with Gasteiger partial charge in [0.25, 0.3) is 0 Å². The number of nitrogens with zero attached hydrogens (tertiary/aromatic N) is 3. The van der Waals surface area contributed by atoms with Crippen LogP contribution < -0.4 is 5.43 Å². The Hall–Kier alpha value is -2.02. The standard InChI is InChI=1S/C21H20BrN3OS/c1-24(2)10-5-11-25-13-16(20(26)15-9-8-14(22)12-18(15)25)21-23-17-6-3-4-7-19(17)27-21/h3-4,6-9,12-13H,5,10-11H2,1-2H3. The summed E-state index contributed by atoms with van der Waals surface area (Å²) in [6, 6.07) is 13.9. The minimum atomic E-state index is 0.0421. The first-order valence-electron chi connectivity index (χ1n) is 8.86. The van der Waals surface area contributed by atoms with Crippen LogP contribution in [0, 0.1) is 0 Å². The highest BCUT2D eigenvalue weighted by atomic mass is 79.9. The molecule has 0 atom stereocenters. The van der Waals surface area contributed by atoms with E-state index in [1.807, 2.05) is 48.7 Å². The Morgan fingerprint density at radius 2 is 2.00 bits per heavy atom. The van der Waals surface area contributed by atoms with Crippen LogP contribution in [0.15, 0.2) is 57.9 Å². The van der Waals surface area contributed by atoms with E-state index < -0.39 is 0 Å². The van der Waals surface area contributed by atoms with Gasteiger partial charge in [0.05, 0.1) is 21.3 Å². The number of fused-ring (bicyclic) bond motifs is 2. The number of para-hydroxylation sites is 1. The van der Waals surface area contributed by atoms with Crippen molar-refractivity contribution in [2.24, 2.45) is 0 Å². The lowest BCUT2D eigenvalue weighted by molar-refractivity contribution is 0.388. The predicted octanol–water partition coefficient (Wildman–Crippen LogP) is 4.99. The molecule has 0 N–H and O–H groups in total. The topological polar surface area (TPSA) is 38.1 Å². The molecule has 6 heteroatoms. The molecule has 4 aromatic rings. The van der Waals surface area contributed by atoms with E-state index in [1.165, 1.54) is 0 Å². The van der Waals surface area contributed by atoms with Crippen LogP contribution in [0.2, 0.25) is 0 Å². The highest BCUT2D eigenvalue weighted by Crippen LogP contribution is 2.30. The number of thiazole rings is 1. The average Bonchev–Trinajstić information content (AvgIpc) is 3.07. The Morgan fingerprint density at radius 1 is 1.19 bits per heavy atom. The average molecular weight is 442 g/mol. The maximum absolute atomic E-state index is 13.2. The van der Waals surface area contributed by atoms with E-state index in [9.17, 15) is 4.79 Å². The van der Waals surface area contributed by atoms with Gasteiger partial charge in [-0.15, -0.1) is 11.3 Å². The monoisotopic (exact) mass is 441 g/mol. The first-order valence-corrected chi connectivity index (χ1v) is 10.5. The third-order valence-corrected chi connectivity index (χ3v) is 6.13. The largest absolute Gasteiger partial charge is 0.346 e. The van der Waals surface area contributed by atoms with Crippen LogP contribution in [-0.4, -0.2) is 35.1 Å². The minimum absolute atomic E-state index is 0.0421. The van der Waals surface area contributed by atoms with Gasteiger partial charge in [0, 0.05) is 22.6 Å². The molecule has 4 nitrogen and oxygen atoms in total. The van der Waals surface area contributed by atoms with E-state index >= 15 is 0 Å². The van der Waals surface area contributed by atoms with Gasteiger partial charge in [0.2, 0.25) is 0 Å². The minimum Gasteiger partial charge on any atom is -0.346 e. The van der Waals surface area contributed by atoms with Crippen LogP contribution in [0.4, 0.5) is 0 Å². The molecule has 0 spiro atoms. The fraction of sp³-hybridized carbons (Fsp3) is 0.238. The van der Waals surface area contributed by atoms with Gasteiger partial charge in [-0.2, -0.15) is 0 Å². The molecule has 0 radical (unpaired) electrons. The molecule has 0 saturated carbocycles. The second-order valence-electron chi connectivity index (χ2n) is 6.87. The highest BCUT2D eigenvalue weighted by molar-refractivity contribution is 9.10. The molecule has 27 heavy (non-hydrogen) atoms. The molecule has 0 saturated heterocycles. The van der Waals surface area contributed by atoms with Crippen LogP contribution in [0.5, 0.6) is 0 Å². The summed E-state index contributed by atoms with van der Waals surface area (Å²) in [5.41, 5.74) is 2.61. The van der Waals surface area contributed by atoms with Crippen molar-refractivity contribution in [2.45, 2.75) is 13.0 Å². The zero-order valence-electron chi connectivity index (χ0n) is 15.3. The van der Waals surface area contributed by atoms with Crippen molar-refractivity contribution in [3.05, 3.63) is 63.4 Å². The normalized spacial score (nSPS) is 11.7. The third-order valence-electron chi connectivity index (χ3n) is 4.57. The van der Waals surface area contributed by atoms with E-state index in [0.717, 1.165) is 50.1 Å². The zero-order valence-corrected chi connectivity index (χ0v) is 17.7. The second kappa shape index (κ2) is 7.54. The molecule has 0 aliphatic carbocycles. The Morgan fingerprint density at radius 3 is 2.78 bits per heavy atom. The summed E-state index contributed by atoms with van der Waals surface area (Å²) < 4.78 is 4.26. The molecule has 0 bridgehead atoms. The summed E-state index contributed by atoms with van der Waals surface area (Å²) >= 11 is 5.11. The first kappa shape index (κ1) is 18.3. The molecule has 2 heterocycles. The van der Waals surface area contributed by atoms with E-state index in [4.69, 9.17) is 4.98 Å². The first-order chi connectivity index (χ1) is 13.0. The third kappa shape index (κ3) is 3.70. The number of aromatic nitrogens is 2. The van der Waals surface area contributed by atoms with Crippen molar-refractivity contribution in [1.82, 2.24) is 14.5 Å². The fourth-order valence-corrected chi connectivity index (χ4v) is 4.57. The fourth-order valence-electron chi connectivity index (χ4n) is 3.25. The number of hydrogen-bond acceptors (Lipinski definition) is 4. The van der Waals surface area contributed by atoms with Crippen molar-refractivity contribution in [1.29, 1.82) is 0 Å². The maximum Gasteiger partial charge on any atom is 0.199 e. The number of hydrogen-bond donors (Lipinski definition) is 0. The van der Waals surface area contributed by atoms with Crippen molar-refractivity contribution in [3.8, 4) is 10.6 Å². The van der Waals surface area contributed by atoms with Gasteiger partial charge in [-0.05, 0) is 57.4 Å². The summed E-state index contributed by atoms with van der Waals surface area (Å²) in [6.45, 7) is 1.85. The maximum atomic E-state index is 13.2. The van der Waals surface area contributed by atoms with Crippen molar-refractivity contribution in [3.63, 3.8) is 0 Å². The SMILES string of the molecule is CN(C)CCCn1cc(-c2nc3ccccc3s2)c(=O)c2ccc(Br)cc21. The molecule has 0 fully saturated rings. The number of rotatable bonds is 5. The van der Waals surface area contributed by atoms with Gasteiger partial charge < -0.3 is 9.47 Å². The van der Waals surface area contributed by atoms with Gasteiger partial charge in [0.1, 0.15) is 5.01 Å². The van der Waals surface area contributed by atoms with Gasteiger partial charge in [0.15, 0.2) is 5.43 Å². The lowest BCUT2D eigenvalue weighted by Crippen LogP contribution is -2.17. The molecule has 2 aromatic carbocycles. The number of benzene rings is 2. The molecule has 0 unspecified atom stereocenters. The van der Waals surface area contributed by atoms with Gasteiger partial charge in [-0.3, -0.25) is 4.79 Å². The van der Waals surface area contributed by atoms with Crippen LogP contribution in [0.1, 0.15) is 6.42 Å². The summed E-state index contributed by atoms with van der Waals surface area (Å²) in [5.74, 6) is 0. The summed E-state index contributed by atoms with van der Waals surface area (Å²) in [4.78, 5) is 20.1. The van der Waals surface area contributed by atoms with E-state index in [-0.39, 0.29) is 5.43 Å². The summed E-state index contributed by atoms with van der Waals surface area (Å²) in [7, 11) is 4.15. The van der Waals surface area contributed by atoms with E-state index in [0.29, 0.717) is 5.56 Å². The molecular weight excluding hydrogens is 422 g/mol. The lowest BCUT2D eigenvalue weighted by Gasteiger charge is -2.15. The molecule has 138 valence electrons. The van der Waals surface area contributed by atoms with Crippen molar-refractivity contribution >= 4 is 48.4 Å². The Balaban J connectivity index is 1.88. The molecule has 0 aliphatic heterocycles. The molecule has 4 rings (SSSR count). The molecule has 2 aromatic heterocycles. The molecule has 0 aliphatic rings. The van der Waals surface area contributed by atoms with Crippen LogP contribution in [0.25, 0.3) is 31.7 Å². The summed E-state index contributed by atoms with van der Waals surface area (Å²) in [6.07, 6.45) is 2.99. The van der Waals surface area contributed by atoms with Crippen molar-refractivity contribution < 1.29 is 0 Å². The predicted molar refractivity (Wildman–Crippen MR) is 118 cm³/mol. The van der Waals surface area contributed by atoms with Crippen LogP contribution in [-0.2, 0) is 6.54 Å². The van der Waals surface area contributed by atoms with Crippen LogP contribution >= 0.6 is 27.3 Å². The van der Waals surface area contributed by atoms with Crippen LogP contribution in [0.3, 0.4) is 0 Å². The quantitative estimate of drug-likeness (QED) is 0.437. The Labute approximate surface area is 170 Å². The van der Waals surface area contributed by atoms with E-state index in [1.54, 1.807) is 11.3 Å². The number of halogens is 1. The molecule has 0 amide bonds. The number of pyridine rings is 1. The summed E-state index contributed by atoms with van der Waals surface area (Å²) in [5, 5.41) is 1.52. The van der Waals surface area contributed by atoms with Gasteiger partial charge >= 0.3 is 0 Å². The lowest BCUT2D eigenvalue weighted by atomic mass is 10.1. The van der Waals surface area contributed by atoms with Gasteiger partial charge in [-0.25, -0.2) is 4.98 Å². The Bertz CT molecular complexity index is 1150. The number of aryl methyl sites for hydroxylation is 1. The van der Waals surface area contributed by atoms with E-state index in [2.05, 4.69) is 39.5 Å². The Kier molecular flexibility index (Phi) is 5.12. The van der Waals surface area contributed by atoms with Gasteiger partial charge in [-0.1, -0.05) is 28.1 Å². The molecular formula is C21H20BrN3OS. The van der Waals surface area contributed by atoms with Crippen molar-refractivity contribution in [2.75, 3.05) is 20.6 Å². The smallest absolute Gasteiger partial charge is 0.199 e. The second-order valence-corrected chi connectivity index (χ2v) is 8.82. The zero-order chi connectivity index (χ0) is 19.0. The highest BCUT2D eigenvalue weighted by Gasteiger charge is 2.15.